The summed E-state index contributed by atoms with van der Waals surface area (Å²) >= 11 is 3.52. The second-order valence-corrected chi connectivity index (χ2v) is 5.72. The highest BCUT2D eigenvalue weighted by molar-refractivity contribution is 9.10. The number of ether oxygens (including phenoxy) is 1. The van der Waals surface area contributed by atoms with Gasteiger partial charge in [0.1, 0.15) is 5.75 Å². The van der Waals surface area contributed by atoms with Crippen LogP contribution in [0.25, 0.3) is 0 Å². The highest BCUT2D eigenvalue weighted by atomic mass is 79.9. The van der Waals surface area contributed by atoms with Gasteiger partial charge in [0.2, 0.25) is 0 Å². The van der Waals surface area contributed by atoms with Crippen molar-refractivity contribution in [3.63, 3.8) is 0 Å². The lowest BCUT2D eigenvalue weighted by Gasteiger charge is -2.12. The van der Waals surface area contributed by atoms with E-state index in [4.69, 9.17) is 10.5 Å². The van der Waals surface area contributed by atoms with Crippen molar-refractivity contribution < 1.29 is 4.74 Å². The quantitative estimate of drug-likeness (QED) is 0.660. The van der Waals surface area contributed by atoms with Crippen LogP contribution in [0.3, 0.4) is 0 Å². The summed E-state index contributed by atoms with van der Waals surface area (Å²) in [7, 11) is 0. The standard InChI is InChI=1S/C14H20BrN3O/c1-3-9(2)18-14(16)17-8-11-7-12(15)6-10-4-5-19-13(10)11/h6-7,9H,3-5,8H2,1-2H3,(H3,16,17,18). The van der Waals surface area contributed by atoms with Gasteiger partial charge in [-0.3, -0.25) is 0 Å². The number of hydrogen-bond donors (Lipinski definition) is 2. The summed E-state index contributed by atoms with van der Waals surface area (Å²) in [5, 5.41) is 3.16. The number of nitrogens with one attached hydrogen (secondary N) is 1. The Hall–Kier alpha value is -1.23. The molecule has 1 heterocycles. The Morgan fingerprint density at radius 3 is 3.11 bits per heavy atom. The van der Waals surface area contributed by atoms with E-state index in [0.717, 1.165) is 35.2 Å². The van der Waals surface area contributed by atoms with E-state index in [1.165, 1.54) is 5.56 Å². The molecule has 1 unspecified atom stereocenters. The van der Waals surface area contributed by atoms with Crippen LogP contribution in [-0.4, -0.2) is 18.6 Å². The summed E-state index contributed by atoms with van der Waals surface area (Å²) in [4.78, 5) is 4.38. The topological polar surface area (TPSA) is 59.6 Å². The highest BCUT2D eigenvalue weighted by Gasteiger charge is 2.17. The molecule has 1 aromatic carbocycles. The number of nitrogens with two attached hydrogens (primary N) is 1. The van der Waals surface area contributed by atoms with Gasteiger partial charge in [-0.25, -0.2) is 4.99 Å². The van der Waals surface area contributed by atoms with Gasteiger partial charge < -0.3 is 15.8 Å². The fraction of sp³-hybridized carbons (Fsp3) is 0.500. The Morgan fingerprint density at radius 2 is 2.37 bits per heavy atom. The molecule has 1 aliphatic heterocycles. The predicted molar refractivity (Wildman–Crippen MR) is 81.6 cm³/mol. The average Bonchev–Trinajstić information content (AvgIpc) is 2.83. The normalized spacial score (nSPS) is 15.8. The van der Waals surface area contributed by atoms with Gasteiger partial charge in [0.05, 0.1) is 13.2 Å². The van der Waals surface area contributed by atoms with Gasteiger partial charge in [0, 0.05) is 22.5 Å². The van der Waals surface area contributed by atoms with Gasteiger partial charge >= 0.3 is 0 Å². The molecule has 5 heteroatoms. The molecule has 0 fully saturated rings. The molecule has 0 aliphatic carbocycles. The van der Waals surface area contributed by atoms with E-state index in [1.807, 2.05) is 6.07 Å². The minimum Gasteiger partial charge on any atom is -0.493 e. The number of aliphatic imine (C=N–C) groups is 1. The number of rotatable bonds is 4. The molecular formula is C14H20BrN3O. The second kappa shape index (κ2) is 6.28. The molecule has 0 bridgehead atoms. The minimum atomic E-state index is 0.341. The first-order chi connectivity index (χ1) is 9.10. The molecule has 1 atom stereocenters. The van der Waals surface area contributed by atoms with E-state index in [1.54, 1.807) is 0 Å². The van der Waals surface area contributed by atoms with Crippen LogP contribution >= 0.6 is 15.9 Å². The van der Waals surface area contributed by atoms with E-state index in [-0.39, 0.29) is 0 Å². The molecule has 3 N–H and O–H groups in total. The Morgan fingerprint density at radius 1 is 1.58 bits per heavy atom. The molecule has 19 heavy (non-hydrogen) atoms. The molecule has 1 aliphatic rings. The first-order valence-electron chi connectivity index (χ1n) is 6.60. The first kappa shape index (κ1) is 14.2. The van der Waals surface area contributed by atoms with Crippen molar-refractivity contribution in [2.75, 3.05) is 6.61 Å². The van der Waals surface area contributed by atoms with E-state index >= 15 is 0 Å². The Bertz CT molecular complexity index is 488. The summed E-state index contributed by atoms with van der Waals surface area (Å²) in [6, 6.07) is 4.49. The molecule has 2 rings (SSSR count). The van der Waals surface area contributed by atoms with Gasteiger partial charge in [-0.1, -0.05) is 22.9 Å². The Balaban J connectivity index is 2.09. The fourth-order valence-electron chi connectivity index (χ4n) is 2.03. The zero-order valence-corrected chi connectivity index (χ0v) is 13.0. The molecule has 0 saturated heterocycles. The lowest BCUT2D eigenvalue weighted by molar-refractivity contribution is 0.353. The lowest BCUT2D eigenvalue weighted by atomic mass is 10.1. The van der Waals surface area contributed by atoms with Crippen molar-refractivity contribution >= 4 is 21.9 Å². The van der Waals surface area contributed by atoms with Crippen LogP contribution in [0.4, 0.5) is 0 Å². The summed E-state index contributed by atoms with van der Waals surface area (Å²) in [5.74, 6) is 1.46. The summed E-state index contributed by atoms with van der Waals surface area (Å²) in [6.07, 6.45) is 1.98. The van der Waals surface area contributed by atoms with Crippen LogP contribution in [0.1, 0.15) is 31.4 Å². The van der Waals surface area contributed by atoms with Gasteiger partial charge in [-0.15, -0.1) is 0 Å². The van der Waals surface area contributed by atoms with E-state index in [0.29, 0.717) is 18.5 Å². The van der Waals surface area contributed by atoms with E-state index in [2.05, 4.69) is 46.2 Å². The number of hydrogen-bond acceptors (Lipinski definition) is 2. The zero-order chi connectivity index (χ0) is 13.8. The number of nitrogens with zero attached hydrogens (tertiary/aromatic N) is 1. The van der Waals surface area contributed by atoms with Gasteiger partial charge in [-0.05, 0) is 31.0 Å². The lowest BCUT2D eigenvalue weighted by Crippen LogP contribution is -2.38. The third-order valence-electron chi connectivity index (χ3n) is 3.25. The molecule has 1 aromatic rings. The van der Waals surface area contributed by atoms with Gasteiger partial charge in [0.15, 0.2) is 5.96 Å². The third kappa shape index (κ3) is 3.62. The maximum Gasteiger partial charge on any atom is 0.189 e. The second-order valence-electron chi connectivity index (χ2n) is 4.81. The number of halogens is 1. The molecule has 0 spiro atoms. The molecule has 4 nitrogen and oxygen atoms in total. The monoisotopic (exact) mass is 325 g/mol. The van der Waals surface area contributed by atoms with Crippen LogP contribution in [-0.2, 0) is 13.0 Å². The number of fused-ring (bicyclic) bond motifs is 1. The predicted octanol–water partition coefficient (Wildman–Crippen LogP) is 2.59. The van der Waals surface area contributed by atoms with Crippen LogP contribution in [0, 0.1) is 0 Å². The minimum absolute atomic E-state index is 0.341. The summed E-state index contributed by atoms with van der Waals surface area (Å²) < 4.78 is 6.73. The molecule has 0 radical (unpaired) electrons. The average molecular weight is 326 g/mol. The SMILES string of the molecule is CCC(C)NC(N)=NCc1cc(Br)cc2c1OCC2. The van der Waals surface area contributed by atoms with Crippen molar-refractivity contribution in [1.29, 1.82) is 0 Å². The van der Waals surface area contributed by atoms with Crippen LogP contribution in [0.2, 0.25) is 0 Å². The number of guanidine groups is 1. The summed E-state index contributed by atoms with van der Waals surface area (Å²) in [5.41, 5.74) is 8.19. The molecular weight excluding hydrogens is 306 g/mol. The maximum absolute atomic E-state index is 5.87. The zero-order valence-electron chi connectivity index (χ0n) is 11.4. The largest absolute Gasteiger partial charge is 0.493 e. The highest BCUT2D eigenvalue weighted by Crippen LogP contribution is 2.33. The van der Waals surface area contributed by atoms with E-state index in [9.17, 15) is 0 Å². The molecule has 104 valence electrons. The Kier molecular flexibility index (Phi) is 4.69. The van der Waals surface area contributed by atoms with Crippen LogP contribution in [0.5, 0.6) is 5.75 Å². The molecule has 0 saturated carbocycles. The smallest absolute Gasteiger partial charge is 0.189 e. The number of benzene rings is 1. The van der Waals surface area contributed by atoms with Crippen molar-refractivity contribution in [3.05, 3.63) is 27.7 Å². The van der Waals surface area contributed by atoms with Gasteiger partial charge in [-0.2, -0.15) is 0 Å². The van der Waals surface area contributed by atoms with Crippen molar-refractivity contribution in [1.82, 2.24) is 5.32 Å². The molecule has 0 amide bonds. The third-order valence-corrected chi connectivity index (χ3v) is 3.71. The van der Waals surface area contributed by atoms with Crippen molar-refractivity contribution in [3.8, 4) is 5.75 Å². The van der Waals surface area contributed by atoms with E-state index < -0.39 is 0 Å². The maximum atomic E-state index is 5.87. The van der Waals surface area contributed by atoms with Crippen LogP contribution in [0.15, 0.2) is 21.6 Å². The first-order valence-corrected chi connectivity index (χ1v) is 7.40. The van der Waals surface area contributed by atoms with Crippen molar-refractivity contribution in [2.24, 2.45) is 10.7 Å². The fourth-order valence-corrected chi connectivity index (χ4v) is 2.59. The molecule has 0 aromatic heterocycles. The van der Waals surface area contributed by atoms with Crippen LogP contribution < -0.4 is 15.8 Å². The summed E-state index contributed by atoms with van der Waals surface area (Å²) in [6.45, 7) is 5.49. The van der Waals surface area contributed by atoms with Crippen molar-refractivity contribution in [2.45, 2.75) is 39.3 Å². The van der Waals surface area contributed by atoms with Gasteiger partial charge in [0.25, 0.3) is 0 Å². The Labute approximate surface area is 122 Å².